The highest BCUT2D eigenvalue weighted by Gasteiger charge is 2.32. The zero-order chi connectivity index (χ0) is 23.7. The molecule has 1 heterocycles. The third-order valence-electron chi connectivity index (χ3n) is 7.35. The van der Waals surface area contributed by atoms with Crippen molar-refractivity contribution in [3.63, 3.8) is 0 Å². The Morgan fingerprint density at radius 3 is 2.36 bits per heavy atom. The van der Waals surface area contributed by atoms with Gasteiger partial charge in [0.05, 0.1) is 11.6 Å². The van der Waals surface area contributed by atoms with Crippen LogP contribution in [0.15, 0.2) is 29.3 Å². The number of benzene rings is 1. The number of carbonyl (C=O) groups excluding carboxylic acids is 2. The summed E-state index contributed by atoms with van der Waals surface area (Å²) in [6.45, 7) is 5.72. The Morgan fingerprint density at radius 2 is 1.76 bits per heavy atom. The Morgan fingerprint density at radius 1 is 1.12 bits per heavy atom. The van der Waals surface area contributed by atoms with Crippen LogP contribution in [0.5, 0.6) is 0 Å². The maximum atomic E-state index is 13.1. The first-order chi connectivity index (χ1) is 16.0. The van der Waals surface area contributed by atoms with Crippen LogP contribution in [0.25, 0.3) is 0 Å². The van der Waals surface area contributed by atoms with Crippen LogP contribution in [0.4, 0.5) is 0 Å². The first kappa shape index (κ1) is 25.3. The Kier molecular flexibility index (Phi) is 9.33. The lowest BCUT2D eigenvalue weighted by Gasteiger charge is -2.35. The van der Waals surface area contributed by atoms with Crippen LogP contribution in [0.2, 0.25) is 0 Å². The second-order valence-electron chi connectivity index (χ2n) is 9.89. The number of likely N-dealkylation sites (tertiary alicyclic amines) is 1. The predicted molar refractivity (Wildman–Crippen MR) is 134 cm³/mol. The van der Waals surface area contributed by atoms with Crippen molar-refractivity contribution in [2.75, 3.05) is 13.1 Å². The molecule has 0 aromatic heterocycles. The summed E-state index contributed by atoms with van der Waals surface area (Å²) in [5.74, 6) is 0.747. The van der Waals surface area contributed by atoms with Gasteiger partial charge in [0.15, 0.2) is 5.96 Å². The van der Waals surface area contributed by atoms with E-state index in [0.717, 1.165) is 90.0 Å². The lowest BCUT2D eigenvalue weighted by atomic mass is 9.83. The molecule has 1 fully saturated rings. The largest absolute Gasteiger partial charge is 0.370 e. The molecule has 3 N–H and O–H groups in total. The fraction of sp³-hybridized carbons (Fsp3) is 0.667. The molecule has 33 heavy (non-hydrogen) atoms. The maximum Gasteiger partial charge on any atom is 0.226 e. The molecule has 1 aromatic rings. The van der Waals surface area contributed by atoms with Gasteiger partial charge in [0, 0.05) is 19.0 Å². The molecule has 1 aliphatic carbocycles. The molecule has 1 unspecified atom stereocenters. The van der Waals surface area contributed by atoms with Gasteiger partial charge in [-0.3, -0.25) is 4.79 Å². The van der Waals surface area contributed by atoms with E-state index in [-0.39, 0.29) is 17.9 Å². The van der Waals surface area contributed by atoms with Crippen LogP contribution in [-0.2, 0) is 22.4 Å². The number of aryl methyl sites for hydroxylation is 1. The number of carbonyl (C=O) groups is 2. The van der Waals surface area contributed by atoms with Gasteiger partial charge in [-0.15, -0.1) is 0 Å². The molecule has 6 nitrogen and oxygen atoms in total. The summed E-state index contributed by atoms with van der Waals surface area (Å²) < 4.78 is 0. The molecule has 0 radical (unpaired) electrons. The number of fused-ring (bicyclic) bond motifs is 1. The number of nitrogens with one attached hydrogen (secondary N) is 1. The summed E-state index contributed by atoms with van der Waals surface area (Å²) in [5, 5.41) is 3.27. The van der Waals surface area contributed by atoms with Gasteiger partial charge in [-0.1, -0.05) is 63.8 Å². The molecule has 0 spiro atoms. The van der Waals surface area contributed by atoms with Crippen molar-refractivity contribution in [3.8, 4) is 0 Å². The number of amides is 1. The molecule has 2 aliphatic rings. The van der Waals surface area contributed by atoms with E-state index in [2.05, 4.69) is 43.4 Å². The quantitative estimate of drug-likeness (QED) is 0.318. The fourth-order valence-electron chi connectivity index (χ4n) is 5.25. The lowest BCUT2D eigenvalue weighted by Crippen LogP contribution is -2.53. The highest BCUT2D eigenvalue weighted by Crippen LogP contribution is 2.28. The Labute approximate surface area is 199 Å². The molecule has 0 saturated carbocycles. The number of guanidine groups is 1. The van der Waals surface area contributed by atoms with Gasteiger partial charge in [-0.05, 0) is 56.1 Å². The van der Waals surface area contributed by atoms with E-state index in [1.54, 1.807) is 0 Å². The molecule has 6 heteroatoms. The average molecular weight is 455 g/mol. The van der Waals surface area contributed by atoms with Gasteiger partial charge in [0.2, 0.25) is 5.91 Å². The SMILES string of the molecule is CCCCC(C=O)(CCCC)NC(N)=NC1CCN(C(=O)C2CCc3ccccc3C2)CC1. The summed E-state index contributed by atoms with van der Waals surface area (Å²) >= 11 is 0. The minimum absolute atomic E-state index is 0.0929. The maximum absolute atomic E-state index is 13.1. The Balaban J connectivity index is 1.53. The summed E-state index contributed by atoms with van der Waals surface area (Å²) in [7, 11) is 0. The molecule has 1 aromatic carbocycles. The van der Waals surface area contributed by atoms with E-state index in [1.165, 1.54) is 11.1 Å². The number of aliphatic imine (C=N–C) groups is 1. The predicted octanol–water partition coefficient (Wildman–Crippen LogP) is 4.00. The Bertz CT molecular complexity index is 806. The molecule has 1 saturated heterocycles. The highest BCUT2D eigenvalue weighted by molar-refractivity contribution is 5.83. The van der Waals surface area contributed by atoms with Crippen molar-refractivity contribution in [1.82, 2.24) is 10.2 Å². The van der Waals surface area contributed by atoms with Crippen molar-refractivity contribution in [3.05, 3.63) is 35.4 Å². The molecule has 1 atom stereocenters. The van der Waals surface area contributed by atoms with Crippen molar-refractivity contribution in [1.29, 1.82) is 0 Å². The smallest absolute Gasteiger partial charge is 0.226 e. The minimum Gasteiger partial charge on any atom is -0.370 e. The standard InChI is InChI=1S/C27H42N4O2/c1-3-5-15-27(20-32,16-6-4-2)30-26(28)29-24-13-17-31(18-14-24)25(33)23-12-11-21-9-7-8-10-22(21)19-23/h7-10,20,23-24H,3-6,11-19H2,1-2H3,(H3,28,29,30). The summed E-state index contributed by atoms with van der Waals surface area (Å²) in [6, 6.07) is 8.58. The van der Waals surface area contributed by atoms with E-state index >= 15 is 0 Å². The van der Waals surface area contributed by atoms with Gasteiger partial charge in [0.1, 0.15) is 6.29 Å². The van der Waals surface area contributed by atoms with Gasteiger partial charge >= 0.3 is 0 Å². The van der Waals surface area contributed by atoms with Crippen LogP contribution in [0.1, 0.15) is 82.8 Å². The number of nitrogens with two attached hydrogens (primary N) is 1. The van der Waals surface area contributed by atoms with Crippen LogP contribution in [0.3, 0.4) is 0 Å². The summed E-state index contributed by atoms with van der Waals surface area (Å²) in [6.07, 6.45) is 11.0. The monoisotopic (exact) mass is 454 g/mol. The third kappa shape index (κ3) is 6.81. The van der Waals surface area contributed by atoms with Crippen LogP contribution < -0.4 is 11.1 Å². The number of unbranched alkanes of at least 4 members (excludes halogenated alkanes) is 2. The van der Waals surface area contributed by atoms with Crippen LogP contribution >= 0.6 is 0 Å². The van der Waals surface area contributed by atoms with Crippen molar-refractivity contribution >= 4 is 18.2 Å². The van der Waals surface area contributed by atoms with Gasteiger partial charge < -0.3 is 20.7 Å². The first-order valence-electron chi connectivity index (χ1n) is 12.9. The number of nitrogens with zero attached hydrogens (tertiary/aromatic N) is 2. The second-order valence-corrected chi connectivity index (χ2v) is 9.89. The number of rotatable bonds is 10. The molecular weight excluding hydrogens is 412 g/mol. The van der Waals surface area contributed by atoms with Crippen molar-refractivity contribution in [2.45, 2.75) is 96.1 Å². The molecule has 0 bridgehead atoms. The van der Waals surface area contributed by atoms with E-state index < -0.39 is 5.54 Å². The van der Waals surface area contributed by atoms with E-state index in [1.807, 2.05) is 4.90 Å². The average Bonchev–Trinajstić information content (AvgIpc) is 2.85. The van der Waals surface area contributed by atoms with E-state index in [4.69, 9.17) is 10.7 Å². The molecule has 1 amide bonds. The fourth-order valence-corrected chi connectivity index (χ4v) is 5.25. The van der Waals surface area contributed by atoms with Crippen molar-refractivity contribution < 1.29 is 9.59 Å². The lowest BCUT2D eigenvalue weighted by molar-refractivity contribution is -0.137. The van der Waals surface area contributed by atoms with Gasteiger partial charge in [0.25, 0.3) is 0 Å². The normalized spacial score (nSPS) is 19.8. The summed E-state index contributed by atoms with van der Waals surface area (Å²) in [5.41, 5.74) is 8.36. The number of piperidine rings is 1. The topological polar surface area (TPSA) is 87.8 Å². The second kappa shape index (κ2) is 12.2. The van der Waals surface area contributed by atoms with Crippen LogP contribution in [-0.4, -0.2) is 47.7 Å². The van der Waals surface area contributed by atoms with Crippen LogP contribution in [0, 0.1) is 5.92 Å². The van der Waals surface area contributed by atoms with Crippen molar-refractivity contribution in [2.24, 2.45) is 16.6 Å². The zero-order valence-corrected chi connectivity index (χ0v) is 20.5. The zero-order valence-electron chi connectivity index (χ0n) is 20.5. The van der Waals surface area contributed by atoms with E-state index in [9.17, 15) is 9.59 Å². The minimum atomic E-state index is -0.618. The molecule has 3 rings (SSSR count). The Hall–Kier alpha value is -2.37. The van der Waals surface area contributed by atoms with Gasteiger partial charge in [-0.2, -0.15) is 0 Å². The molecular formula is C27H42N4O2. The van der Waals surface area contributed by atoms with Gasteiger partial charge in [-0.25, -0.2) is 4.99 Å². The molecule has 182 valence electrons. The first-order valence-corrected chi connectivity index (χ1v) is 12.9. The summed E-state index contributed by atoms with van der Waals surface area (Å²) in [4.78, 5) is 31.9. The molecule has 1 aliphatic heterocycles. The highest BCUT2D eigenvalue weighted by atomic mass is 16.2. The number of hydrogen-bond donors (Lipinski definition) is 2. The third-order valence-corrected chi connectivity index (χ3v) is 7.35. The number of hydrogen-bond acceptors (Lipinski definition) is 3. The number of aldehydes is 1. The van der Waals surface area contributed by atoms with E-state index in [0.29, 0.717) is 5.96 Å².